The van der Waals surface area contributed by atoms with Gasteiger partial charge in [0.1, 0.15) is 10.5 Å². The Morgan fingerprint density at radius 2 is 2.00 bits per heavy atom. The number of nitrogens with one attached hydrogen (secondary N) is 1. The van der Waals surface area contributed by atoms with Gasteiger partial charge in [0.2, 0.25) is 0 Å². The molecule has 1 aromatic heterocycles. The average Bonchev–Trinajstić information content (AvgIpc) is 3.04. The van der Waals surface area contributed by atoms with E-state index in [4.69, 9.17) is 10.5 Å². The summed E-state index contributed by atoms with van der Waals surface area (Å²) in [4.78, 5) is 11.7. The molecule has 2 rings (SSSR count). The summed E-state index contributed by atoms with van der Waals surface area (Å²) in [5.41, 5.74) is 4.02. The maximum absolute atomic E-state index is 13.0. The number of ether oxygens (including phenoxy) is 1. The second-order valence-corrected chi connectivity index (χ2v) is 6.45. The molecule has 118 valence electrons. The van der Waals surface area contributed by atoms with Gasteiger partial charge in [-0.25, -0.2) is 0 Å². The Kier molecular flexibility index (Phi) is 3.86. The molecule has 0 atom stereocenters. The van der Waals surface area contributed by atoms with Crippen molar-refractivity contribution in [2.24, 2.45) is 0 Å². The van der Waals surface area contributed by atoms with Crippen LogP contribution in [0.25, 0.3) is 0 Å². The number of hydrogen-bond acceptors (Lipinski definition) is 5. The van der Waals surface area contributed by atoms with E-state index in [2.05, 4.69) is 5.32 Å². The third-order valence-electron chi connectivity index (χ3n) is 3.22. The molecule has 0 spiro atoms. The van der Waals surface area contributed by atoms with Gasteiger partial charge in [0.25, 0.3) is 0 Å². The second-order valence-electron chi connectivity index (χ2n) is 5.43. The molecule has 1 fully saturated rings. The summed E-state index contributed by atoms with van der Waals surface area (Å²) < 4.78 is 44.6. The number of rotatable bonds is 5. The minimum atomic E-state index is -4.35. The van der Waals surface area contributed by atoms with Gasteiger partial charge in [-0.2, -0.15) is 13.2 Å². The molecular weight excluding hydrogens is 305 g/mol. The highest BCUT2D eigenvalue weighted by atomic mass is 32.1. The van der Waals surface area contributed by atoms with Crippen molar-refractivity contribution < 1.29 is 22.7 Å². The Morgan fingerprint density at radius 3 is 2.38 bits per heavy atom. The van der Waals surface area contributed by atoms with Crippen LogP contribution in [0.1, 0.15) is 43.3 Å². The molecule has 0 aliphatic heterocycles. The first-order valence-corrected chi connectivity index (χ1v) is 7.34. The normalized spacial score (nSPS) is 16.9. The fourth-order valence-electron chi connectivity index (χ4n) is 1.95. The van der Waals surface area contributed by atoms with Crippen molar-refractivity contribution in [1.82, 2.24) is 0 Å². The van der Waals surface area contributed by atoms with Gasteiger partial charge >= 0.3 is 6.18 Å². The molecule has 1 aromatic rings. The minimum absolute atomic E-state index is 0.00479. The van der Waals surface area contributed by atoms with Crippen LogP contribution in [0.15, 0.2) is 0 Å². The maximum Gasteiger partial charge on any atom is 0.411 e. The van der Waals surface area contributed by atoms with E-state index in [-0.39, 0.29) is 46.0 Å². The van der Waals surface area contributed by atoms with Crippen LogP contribution in [0.4, 0.5) is 23.9 Å². The summed E-state index contributed by atoms with van der Waals surface area (Å²) >= 11 is 0.909. The molecule has 8 heteroatoms. The highest BCUT2D eigenvalue weighted by molar-refractivity contribution is 7.19. The van der Waals surface area contributed by atoms with Gasteiger partial charge in [0.05, 0.1) is 16.7 Å². The van der Waals surface area contributed by atoms with Crippen molar-refractivity contribution in [2.75, 3.05) is 11.1 Å². The molecule has 0 amide bonds. The number of anilines is 2. The molecule has 1 aliphatic rings. The van der Waals surface area contributed by atoms with Crippen molar-refractivity contribution in [2.45, 2.75) is 51.4 Å². The standard InChI is InChI=1S/C13H17F3N2O2S/c1-6(2)20-9-8(17)10(7(3)19)21-11(9)18-12(4-5-12)13(14,15)16/h6,18H,4-5,17H2,1-3H3. The number of nitrogens with two attached hydrogens (primary N) is 1. The van der Waals surface area contributed by atoms with Gasteiger partial charge in [-0.3, -0.25) is 4.79 Å². The minimum Gasteiger partial charge on any atom is -0.486 e. The van der Waals surface area contributed by atoms with Crippen LogP contribution in [-0.4, -0.2) is 23.6 Å². The number of Topliss-reactive ketones (excluding diaryl/α,β-unsaturated/α-hetero) is 1. The first kappa shape index (κ1) is 15.9. The van der Waals surface area contributed by atoms with E-state index < -0.39 is 11.7 Å². The predicted octanol–water partition coefficient (Wildman–Crippen LogP) is 3.83. The summed E-state index contributed by atoms with van der Waals surface area (Å²) in [7, 11) is 0. The lowest BCUT2D eigenvalue weighted by Gasteiger charge is -2.22. The highest BCUT2D eigenvalue weighted by Gasteiger charge is 2.64. The number of alkyl halides is 3. The largest absolute Gasteiger partial charge is 0.486 e. The zero-order valence-electron chi connectivity index (χ0n) is 11.9. The lowest BCUT2D eigenvalue weighted by Crippen LogP contribution is -2.38. The van der Waals surface area contributed by atoms with Crippen molar-refractivity contribution in [3.8, 4) is 5.75 Å². The molecule has 0 aromatic carbocycles. The topological polar surface area (TPSA) is 64.3 Å². The first-order valence-electron chi connectivity index (χ1n) is 6.52. The zero-order valence-corrected chi connectivity index (χ0v) is 12.7. The van der Waals surface area contributed by atoms with Gasteiger partial charge in [0, 0.05) is 6.92 Å². The summed E-state index contributed by atoms with van der Waals surface area (Å²) in [6, 6.07) is 0. The molecule has 1 aliphatic carbocycles. The Labute approximate surface area is 124 Å². The first-order chi connectivity index (χ1) is 9.57. The van der Waals surface area contributed by atoms with Crippen molar-refractivity contribution in [1.29, 1.82) is 0 Å². The third kappa shape index (κ3) is 2.95. The molecule has 0 unspecified atom stereocenters. The zero-order chi connectivity index (χ0) is 16.0. The van der Waals surface area contributed by atoms with Crippen molar-refractivity contribution >= 4 is 27.8 Å². The van der Waals surface area contributed by atoms with E-state index in [9.17, 15) is 18.0 Å². The number of hydrogen-bond donors (Lipinski definition) is 2. The van der Waals surface area contributed by atoms with Gasteiger partial charge in [0.15, 0.2) is 11.5 Å². The monoisotopic (exact) mass is 322 g/mol. The van der Waals surface area contributed by atoms with E-state index in [1.54, 1.807) is 13.8 Å². The Balaban J connectivity index is 2.39. The smallest absolute Gasteiger partial charge is 0.411 e. The van der Waals surface area contributed by atoms with E-state index in [0.29, 0.717) is 0 Å². The molecule has 0 radical (unpaired) electrons. The SMILES string of the molecule is CC(=O)c1sc(NC2(C(F)(F)F)CC2)c(OC(C)C)c1N. The van der Waals surface area contributed by atoms with E-state index in [1.807, 2.05) is 0 Å². The molecule has 1 saturated carbocycles. The van der Waals surface area contributed by atoms with Crippen LogP contribution in [0, 0.1) is 0 Å². The van der Waals surface area contributed by atoms with Gasteiger partial charge in [-0.05, 0) is 26.7 Å². The van der Waals surface area contributed by atoms with E-state index >= 15 is 0 Å². The van der Waals surface area contributed by atoms with Crippen LogP contribution in [0.5, 0.6) is 5.75 Å². The molecule has 1 heterocycles. The number of thiophene rings is 1. The van der Waals surface area contributed by atoms with Gasteiger partial charge in [-0.15, -0.1) is 11.3 Å². The summed E-state index contributed by atoms with van der Waals surface area (Å²) in [5, 5.41) is 2.66. The second kappa shape index (κ2) is 5.08. The van der Waals surface area contributed by atoms with Crippen LogP contribution >= 0.6 is 11.3 Å². The van der Waals surface area contributed by atoms with Crippen molar-refractivity contribution in [3.05, 3.63) is 4.88 Å². The number of carbonyl (C=O) groups excluding carboxylic acids is 1. The number of carbonyl (C=O) groups is 1. The lowest BCUT2D eigenvalue weighted by molar-refractivity contribution is -0.151. The number of halogens is 3. The van der Waals surface area contributed by atoms with Crippen LogP contribution < -0.4 is 15.8 Å². The predicted molar refractivity (Wildman–Crippen MR) is 76.1 cm³/mol. The van der Waals surface area contributed by atoms with E-state index in [1.165, 1.54) is 6.92 Å². The molecule has 4 nitrogen and oxygen atoms in total. The average molecular weight is 322 g/mol. The Bertz CT molecular complexity index is 562. The summed E-state index contributed by atoms with van der Waals surface area (Å²) in [6.45, 7) is 4.80. The number of ketones is 1. The van der Waals surface area contributed by atoms with Crippen molar-refractivity contribution in [3.63, 3.8) is 0 Å². The van der Waals surface area contributed by atoms with Gasteiger partial charge < -0.3 is 15.8 Å². The molecule has 21 heavy (non-hydrogen) atoms. The van der Waals surface area contributed by atoms with Crippen LogP contribution in [-0.2, 0) is 0 Å². The Morgan fingerprint density at radius 1 is 1.43 bits per heavy atom. The number of nitrogen functional groups attached to an aromatic ring is 1. The molecule has 0 saturated heterocycles. The van der Waals surface area contributed by atoms with Crippen LogP contribution in [0.2, 0.25) is 0 Å². The summed E-state index contributed by atoms with van der Waals surface area (Å²) in [6.07, 6.45) is -4.60. The quantitative estimate of drug-likeness (QED) is 0.809. The fraction of sp³-hybridized carbons (Fsp3) is 0.615. The third-order valence-corrected chi connectivity index (χ3v) is 4.42. The van der Waals surface area contributed by atoms with Gasteiger partial charge in [-0.1, -0.05) is 0 Å². The fourth-order valence-corrected chi connectivity index (χ4v) is 2.99. The maximum atomic E-state index is 13.0. The molecule has 3 N–H and O–H groups in total. The molecular formula is C13H17F3N2O2S. The van der Waals surface area contributed by atoms with Crippen LogP contribution in [0.3, 0.4) is 0 Å². The van der Waals surface area contributed by atoms with E-state index in [0.717, 1.165) is 11.3 Å². The summed E-state index contributed by atoms with van der Waals surface area (Å²) in [5.74, 6) is -0.160. The highest BCUT2D eigenvalue weighted by Crippen LogP contribution is 2.54. The molecule has 0 bridgehead atoms. The Hall–Kier alpha value is -1.44. The lowest BCUT2D eigenvalue weighted by atomic mass is 10.2.